The average Bonchev–Trinajstić information content (AvgIpc) is 3.98. The second kappa shape index (κ2) is 11.7. The Morgan fingerprint density at radius 2 is 1.35 bits per heavy atom. The molecule has 9 nitrogen and oxygen atoms in total. The Morgan fingerprint density at radius 3 is 2.09 bits per heavy atom. The van der Waals surface area contributed by atoms with E-state index in [1.54, 1.807) is 12.1 Å². The van der Waals surface area contributed by atoms with E-state index in [0.717, 1.165) is 66.6 Å². The smallest absolute Gasteiger partial charge is 0.242 e. The monoisotopic (exact) mass is 899 g/mol. The van der Waals surface area contributed by atoms with Crippen molar-refractivity contribution in [2.45, 2.75) is 40.0 Å². The third kappa shape index (κ3) is 4.69. The number of fused-ring (bicyclic) bond motifs is 11. The number of hydrogen-bond acceptors (Lipinski definition) is 3. The largest absolute Gasteiger partial charge is 0.342 e. The maximum absolute atomic E-state index is 8.37. The molecule has 0 unspecified atom stereocenters. The normalized spacial score (nSPS) is 13.4. The quantitative estimate of drug-likeness (QED) is 0.132. The van der Waals surface area contributed by atoms with Gasteiger partial charge in [0.05, 0.1) is 40.1 Å². The van der Waals surface area contributed by atoms with Crippen molar-refractivity contribution >= 4 is 66.7 Å². The van der Waals surface area contributed by atoms with E-state index in [9.17, 15) is 0 Å². The van der Waals surface area contributed by atoms with Crippen LogP contribution in [-0.4, -0.2) is 37.5 Å². The topological polar surface area (TPSA) is 66.2 Å². The van der Waals surface area contributed by atoms with Gasteiger partial charge in [-0.05, 0) is 82.2 Å². The van der Waals surface area contributed by atoms with Crippen molar-refractivity contribution in [1.29, 1.82) is 0 Å². The summed E-state index contributed by atoms with van der Waals surface area (Å²) in [7, 11) is 2.00. The summed E-state index contributed by atoms with van der Waals surface area (Å²) in [5.74, 6) is 1.92. The zero-order valence-corrected chi connectivity index (χ0v) is 32.9. The zero-order valence-electron chi connectivity index (χ0n) is 33.7. The van der Waals surface area contributed by atoms with Crippen molar-refractivity contribution in [3.8, 4) is 17.2 Å². The average molecular weight is 900 g/mol. The van der Waals surface area contributed by atoms with Crippen LogP contribution in [0.5, 0.6) is 0 Å². The molecule has 5 aromatic carbocycles. The molecular weight excluding hydrogens is 862 g/mol. The number of aromatic nitrogens is 9. The molecule has 0 aliphatic rings. The summed E-state index contributed by atoms with van der Waals surface area (Å²) in [6, 6.07) is 39.7. The van der Waals surface area contributed by atoms with Crippen LogP contribution in [0.2, 0.25) is 0 Å². The number of rotatable bonds is 3. The van der Waals surface area contributed by atoms with Gasteiger partial charge in [-0.3, -0.25) is 4.57 Å². The molecule has 0 spiro atoms. The maximum Gasteiger partial charge on any atom is 0.242 e. The van der Waals surface area contributed by atoms with Gasteiger partial charge in [0, 0.05) is 31.4 Å². The second-order valence-electron chi connectivity index (χ2n) is 15.1. The standard InChI is InChI=1S/C45H35N9.Pt/c1-27-12-9-18-34-41(27)47-43-51(31-15-11-14-30(23-31)50-26-49(6)32-16-7-8-17-33(32)50)36-24-39-38(25-37(36)52(34)43)53-35-19-10-13-28(2)42(35)48-44(53)54(39)40-22-29(20-21-46-40)45(3,4)5;/h7-22,25H,1-6H3;/q-2;/i2D3;. The first-order chi connectivity index (χ1) is 27.4. The third-order valence-corrected chi connectivity index (χ3v) is 10.7. The summed E-state index contributed by atoms with van der Waals surface area (Å²) in [4.78, 5) is 15.3. The number of aryl methyl sites for hydroxylation is 3. The first kappa shape index (κ1) is 30.3. The summed E-state index contributed by atoms with van der Waals surface area (Å²) >= 11 is 0. The van der Waals surface area contributed by atoms with E-state index in [4.69, 9.17) is 19.1 Å². The summed E-state index contributed by atoms with van der Waals surface area (Å²) in [5.41, 5.74) is 12.1. The van der Waals surface area contributed by atoms with Crippen molar-refractivity contribution in [3.05, 3.63) is 138 Å². The fraction of sp³-hybridized carbons (Fsp3) is 0.156. The second-order valence-corrected chi connectivity index (χ2v) is 15.1. The van der Waals surface area contributed by atoms with E-state index in [0.29, 0.717) is 28.4 Å². The van der Waals surface area contributed by atoms with Crippen molar-refractivity contribution in [1.82, 2.24) is 37.5 Å². The molecule has 11 rings (SSSR count). The number of nitrogens with zero attached hydrogens (tertiary/aromatic N) is 9. The zero-order chi connectivity index (χ0) is 39.1. The molecule has 0 atom stereocenters. The SMILES string of the molecule is [2H]C([2H])([2H])c1cccc2c1nc1n(-c3cc(C(C)(C)C)ccn3)c3[c-]c4c(cc3n21)n1c2cccc(C)c2nc1n4-c1[c-]c(-[n+]2[c-]n(C)c3ccccc32)ccc1.[Pt]. The van der Waals surface area contributed by atoms with Crippen LogP contribution in [-0.2, 0) is 33.5 Å². The van der Waals surface area contributed by atoms with Gasteiger partial charge in [-0.25, -0.2) is 15.0 Å². The predicted octanol–water partition coefficient (Wildman–Crippen LogP) is 8.65. The first-order valence-electron chi connectivity index (χ1n) is 19.5. The summed E-state index contributed by atoms with van der Waals surface area (Å²) < 4.78 is 37.5. The van der Waals surface area contributed by atoms with Gasteiger partial charge in [0.15, 0.2) is 0 Å². The number of benzene rings is 5. The van der Waals surface area contributed by atoms with E-state index >= 15 is 0 Å². The number of pyridine rings is 1. The van der Waals surface area contributed by atoms with Crippen LogP contribution in [0, 0.1) is 32.2 Å². The molecule has 10 heteroatoms. The predicted molar refractivity (Wildman–Crippen MR) is 213 cm³/mol. The van der Waals surface area contributed by atoms with E-state index in [-0.39, 0.29) is 32.0 Å². The Balaban J connectivity index is 0.00000408. The molecule has 6 heterocycles. The van der Waals surface area contributed by atoms with Gasteiger partial charge < -0.3 is 22.5 Å². The van der Waals surface area contributed by atoms with Gasteiger partial charge in [-0.15, -0.1) is 18.2 Å². The van der Waals surface area contributed by atoms with Crippen molar-refractivity contribution < 1.29 is 29.7 Å². The fourth-order valence-corrected chi connectivity index (χ4v) is 8.01. The van der Waals surface area contributed by atoms with Gasteiger partial charge in [0.1, 0.15) is 5.82 Å². The van der Waals surface area contributed by atoms with Crippen LogP contribution in [0.15, 0.2) is 103 Å². The van der Waals surface area contributed by atoms with Crippen molar-refractivity contribution in [2.75, 3.05) is 0 Å². The van der Waals surface area contributed by atoms with E-state index < -0.39 is 6.85 Å². The molecule has 0 saturated carbocycles. The van der Waals surface area contributed by atoms with Crippen LogP contribution in [0.4, 0.5) is 0 Å². The first-order valence-corrected chi connectivity index (χ1v) is 18.0. The van der Waals surface area contributed by atoms with E-state index in [1.165, 1.54) is 0 Å². The molecule has 0 bridgehead atoms. The Hall–Kier alpha value is -6.05. The van der Waals surface area contributed by atoms with Crippen LogP contribution < -0.4 is 4.57 Å². The van der Waals surface area contributed by atoms with Crippen molar-refractivity contribution in [2.24, 2.45) is 7.05 Å². The Labute approximate surface area is 335 Å². The van der Waals surface area contributed by atoms with Crippen LogP contribution in [0.25, 0.3) is 83.9 Å². The minimum Gasteiger partial charge on any atom is -0.342 e. The Bertz CT molecular complexity index is 3480. The minimum atomic E-state index is -2.35. The molecule has 0 radical (unpaired) electrons. The van der Waals surface area contributed by atoms with Gasteiger partial charge in [0.2, 0.25) is 17.9 Å². The molecule has 11 aromatic rings. The van der Waals surface area contributed by atoms with Gasteiger partial charge in [-0.2, -0.15) is 18.2 Å². The number of imidazole rings is 5. The Morgan fingerprint density at radius 1 is 0.691 bits per heavy atom. The Kier molecular flexibility index (Phi) is 6.46. The molecule has 6 aromatic heterocycles. The van der Waals surface area contributed by atoms with Gasteiger partial charge >= 0.3 is 0 Å². The number of para-hydroxylation sites is 4. The molecule has 0 N–H and O–H groups in total. The minimum absolute atomic E-state index is 0. The molecule has 0 amide bonds. The van der Waals surface area contributed by atoms with E-state index in [2.05, 4.69) is 97.6 Å². The molecule has 272 valence electrons. The summed E-state index contributed by atoms with van der Waals surface area (Å²) in [6.45, 7) is 6.24. The van der Waals surface area contributed by atoms with Crippen molar-refractivity contribution in [3.63, 3.8) is 0 Å². The number of hydrogen-bond donors (Lipinski definition) is 0. The van der Waals surface area contributed by atoms with E-state index in [1.807, 2.05) is 73.8 Å². The molecule has 0 saturated heterocycles. The molecule has 0 aliphatic heterocycles. The maximum atomic E-state index is 8.37. The molecule has 0 aliphatic carbocycles. The molecule has 0 fully saturated rings. The van der Waals surface area contributed by atoms with Crippen LogP contribution in [0.3, 0.4) is 0 Å². The molecule has 55 heavy (non-hydrogen) atoms. The fourth-order valence-electron chi connectivity index (χ4n) is 8.01. The summed E-state index contributed by atoms with van der Waals surface area (Å²) in [6.07, 6.45) is 5.28. The summed E-state index contributed by atoms with van der Waals surface area (Å²) in [5, 5.41) is 0. The van der Waals surface area contributed by atoms with Crippen LogP contribution >= 0.6 is 0 Å². The third-order valence-electron chi connectivity index (χ3n) is 10.7. The van der Waals surface area contributed by atoms with Gasteiger partial charge in [-0.1, -0.05) is 80.7 Å². The van der Waals surface area contributed by atoms with Crippen LogP contribution in [0.1, 0.15) is 41.6 Å². The molecular formula is C45H35N9Pt-2. The van der Waals surface area contributed by atoms with Gasteiger partial charge in [0.25, 0.3) is 0 Å².